The summed E-state index contributed by atoms with van der Waals surface area (Å²) in [5.74, 6) is 1.72. The predicted octanol–water partition coefficient (Wildman–Crippen LogP) is 7.78. The number of nitrogens with zero attached hydrogens (tertiary/aromatic N) is 3. The Kier molecular flexibility index (Phi) is 6.68. The maximum absolute atomic E-state index is 6.27. The van der Waals surface area contributed by atoms with Crippen LogP contribution in [-0.4, -0.2) is 19.2 Å². The van der Waals surface area contributed by atoms with E-state index < -0.39 is 0 Å². The average Bonchev–Trinajstić information content (AvgIpc) is 3.32. The molecule has 0 fully saturated rings. The first-order valence-corrected chi connectivity index (χ1v) is 13.7. The van der Waals surface area contributed by atoms with Crippen molar-refractivity contribution in [2.75, 3.05) is 5.32 Å². The maximum Gasteiger partial charge on any atom is 0.169 e. The minimum absolute atomic E-state index is 0.387. The molecule has 38 heavy (non-hydrogen) atoms. The number of ether oxygens (including phenoxy) is 1. The smallest absolute Gasteiger partial charge is 0.169 e. The number of hydrogen-bond donors (Lipinski definition) is 1. The van der Waals surface area contributed by atoms with Crippen molar-refractivity contribution in [2.45, 2.75) is 46.3 Å². The Balaban J connectivity index is 1.51. The number of hydrogen-bond acceptors (Lipinski definition) is 3. The van der Waals surface area contributed by atoms with E-state index in [1.807, 2.05) is 47.0 Å². The first-order valence-electron chi connectivity index (χ1n) is 12.9. The fourth-order valence-corrected chi connectivity index (χ4v) is 5.69. The number of halogens is 1. The molecule has 2 aromatic heterocycles. The molecule has 0 saturated carbocycles. The normalized spacial score (nSPS) is 12.9. The number of nitrogens with one attached hydrogen (secondary N) is 1. The molecule has 0 amide bonds. The lowest BCUT2D eigenvalue weighted by Crippen LogP contribution is -2.16. The van der Waals surface area contributed by atoms with Crippen LogP contribution in [0.4, 0.5) is 5.69 Å². The van der Waals surface area contributed by atoms with Crippen LogP contribution in [0.2, 0.25) is 5.02 Å². The van der Waals surface area contributed by atoms with Gasteiger partial charge in [0.2, 0.25) is 0 Å². The van der Waals surface area contributed by atoms with Crippen LogP contribution in [0, 0.1) is 13.8 Å². The van der Waals surface area contributed by atoms with E-state index in [-0.39, 0.29) is 0 Å². The highest BCUT2D eigenvalue weighted by Gasteiger charge is 2.29. The van der Waals surface area contributed by atoms with Crippen molar-refractivity contribution in [3.05, 3.63) is 106 Å². The van der Waals surface area contributed by atoms with Gasteiger partial charge in [0.15, 0.2) is 5.82 Å². The van der Waals surface area contributed by atoms with E-state index in [4.69, 9.17) is 33.7 Å². The van der Waals surface area contributed by atoms with Gasteiger partial charge in [0, 0.05) is 28.4 Å². The van der Waals surface area contributed by atoms with Crippen LogP contribution >= 0.6 is 23.8 Å². The van der Waals surface area contributed by atoms with Gasteiger partial charge in [-0.15, -0.1) is 5.10 Å². The summed E-state index contributed by atoms with van der Waals surface area (Å²) in [6.07, 6.45) is 3.13. The van der Waals surface area contributed by atoms with E-state index in [0.29, 0.717) is 16.6 Å². The molecule has 1 aliphatic rings. The van der Waals surface area contributed by atoms with Crippen molar-refractivity contribution in [2.24, 2.45) is 0 Å². The summed E-state index contributed by atoms with van der Waals surface area (Å²) in [6, 6.07) is 24.3. The summed E-state index contributed by atoms with van der Waals surface area (Å²) in [5.41, 5.74) is 8.80. The van der Waals surface area contributed by atoms with Crippen LogP contribution in [0.5, 0.6) is 5.75 Å². The lowest BCUT2D eigenvalue weighted by Gasteiger charge is -2.14. The quantitative estimate of drug-likeness (QED) is 0.223. The Hall–Kier alpha value is -3.61. The van der Waals surface area contributed by atoms with Crippen molar-refractivity contribution in [1.29, 1.82) is 0 Å². The van der Waals surface area contributed by atoms with Gasteiger partial charge >= 0.3 is 0 Å². The van der Waals surface area contributed by atoms with E-state index in [1.54, 1.807) is 0 Å². The minimum atomic E-state index is 0.387. The van der Waals surface area contributed by atoms with Gasteiger partial charge in [-0.2, -0.15) is 0 Å². The zero-order valence-corrected chi connectivity index (χ0v) is 23.1. The molecule has 1 aliphatic heterocycles. The Labute approximate surface area is 233 Å². The molecule has 0 radical (unpaired) electrons. The van der Waals surface area contributed by atoms with E-state index in [9.17, 15) is 0 Å². The molecule has 0 bridgehead atoms. The molecular weight excluding hydrogens is 512 g/mol. The number of thiocarbonyl (C=S) groups is 1. The van der Waals surface area contributed by atoms with Crippen LogP contribution in [0.1, 0.15) is 41.1 Å². The molecule has 7 heteroatoms. The van der Waals surface area contributed by atoms with E-state index >= 15 is 0 Å². The Bertz CT molecular complexity index is 1640. The number of aromatic nitrogens is 3. The van der Waals surface area contributed by atoms with Crippen LogP contribution in [0.25, 0.3) is 16.8 Å². The molecule has 192 valence electrons. The fraction of sp³-hybridized carbons (Fsp3) is 0.226. The van der Waals surface area contributed by atoms with Crippen molar-refractivity contribution < 1.29 is 4.74 Å². The zero-order chi connectivity index (χ0) is 26.2. The van der Waals surface area contributed by atoms with Gasteiger partial charge in [0.05, 0.1) is 0 Å². The Morgan fingerprint density at radius 2 is 1.82 bits per heavy atom. The molecule has 1 N–H and O–H groups in total. The lowest BCUT2D eigenvalue weighted by atomic mass is 9.98. The van der Waals surface area contributed by atoms with Gasteiger partial charge in [-0.25, -0.2) is 4.52 Å². The average molecular weight is 541 g/mol. The van der Waals surface area contributed by atoms with Gasteiger partial charge < -0.3 is 14.6 Å². The number of benzene rings is 3. The van der Waals surface area contributed by atoms with Crippen molar-refractivity contribution in [3.8, 4) is 16.9 Å². The second-order valence-electron chi connectivity index (χ2n) is 9.84. The first kappa shape index (κ1) is 24.7. The number of aryl methyl sites for hydroxylation is 4. The van der Waals surface area contributed by atoms with Crippen molar-refractivity contribution in [1.82, 2.24) is 14.2 Å². The fourth-order valence-electron chi connectivity index (χ4n) is 5.26. The summed E-state index contributed by atoms with van der Waals surface area (Å²) < 4.78 is 10.5. The molecule has 0 unspecified atom stereocenters. The van der Waals surface area contributed by atoms with E-state index in [2.05, 4.69) is 54.1 Å². The predicted molar refractivity (Wildman–Crippen MR) is 159 cm³/mol. The standard InChI is InChI=1S/C31H29ClN4OS/c1-20-11-12-21(2)26(18-20)33-30(38)29-28(22-13-15-23(32)16-14-22)25-10-6-7-17-35-27(34-36(29)31(25)35)19-37-24-8-4-3-5-9-24/h3-5,8-9,11-16,18H,6-7,10,17,19H2,1-2H3,(H,33,38). The number of para-hydroxylation sites is 1. The summed E-state index contributed by atoms with van der Waals surface area (Å²) in [5, 5.41) is 9.37. The summed E-state index contributed by atoms with van der Waals surface area (Å²) in [6.45, 7) is 5.46. The van der Waals surface area contributed by atoms with E-state index in [0.717, 1.165) is 71.1 Å². The highest BCUT2D eigenvalue weighted by molar-refractivity contribution is 7.81. The van der Waals surface area contributed by atoms with Crippen LogP contribution in [0.15, 0.2) is 72.8 Å². The number of anilines is 1. The molecule has 6 rings (SSSR count). The molecule has 5 aromatic rings. The van der Waals surface area contributed by atoms with Crippen LogP contribution in [0.3, 0.4) is 0 Å². The van der Waals surface area contributed by atoms with Gasteiger partial charge in [-0.1, -0.05) is 66.3 Å². The Morgan fingerprint density at radius 3 is 2.61 bits per heavy atom. The minimum Gasteiger partial charge on any atom is -0.486 e. The van der Waals surface area contributed by atoms with E-state index in [1.165, 1.54) is 11.1 Å². The van der Waals surface area contributed by atoms with Crippen molar-refractivity contribution in [3.63, 3.8) is 0 Å². The Morgan fingerprint density at radius 1 is 1.03 bits per heavy atom. The lowest BCUT2D eigenvalue weighted by molar-refractivity contribution is 0.288. The zero-order valence-electron chi connectivity index (χ0n) is 21.5. The third kappa shape index (κ3) is 4.59. The number of rotatable bonds is 6. The van der Waals surface area contributed by atoms with Gasteiger partial charge in [-0.05, 0) is 80.1 Å². The molecule has 3 heterocycles. The SMILES string of the molecule is Cc1ccc(C)c(NC(=S)c2c(-c3ccc(Cl)cc3)c3c4n(c(COc5ccccc5)nn24)CCCC3)c1. The van der Waals surface area contributed by atoms with Gasteiger partial charge in [0.25, 0.3) is 0 Å². The van der Waals surface area contributed by atoms with Crippen LogP contribution < -0.4 is 10.1 Å². The summed E-state index contributed by atoms with van der Waals surface area (Å²) >= 11 is 12.4. The third-order valence-corrected chi connectivity index (χ3v) is 7.71. The topological polar surface area (TPSA) is 43.5 Å². The molecule has 0 spiro atoms. The second kappa shape index (κ2) is 10.3. The highest BCUT2D eigenvalue weighted by Crippen LogP contribution is 2.38. The largest absolute Gasteiger partial charge is 0.486 e. The molecule has 3 aromatic carbocycles. The molecule has 0 atom stereocenters. The summed E-state index contributed by atoms with van der Waals surface area (Å²) in [4.78, 5) is 0.644. The van der Waals surface area contributed by atoms with Crippen molar-refractivity contribution >= 4 is 40.1 Å². The monoisotopic (exact) mass is 540 g/mol. The van der Waals surface area contributed by atoms with Crippen LogP contribution in [-0.2, 0) is 19.6 Å². The van der Waals surface area contributed by atoms with Gasteiger partial charge in [-0.3, -0.25) is 0 Å². The first-order chi connectivity index (χ1) is 18.5. The molecule has 5 nitrogen and oxygen atoms in total. The molecular formula is C31H29ClN4OS. The second-order valence-corrected chi connectivity index (χ2v) is 10.7. The molecule has 0 saturated heterocycles. The maximum atomic E-state index is 6.27. The third-order valence-electron chi connectivity index (χ3n) is 7.16. The summed E-state index contributed by atoms with van der Waals surface area (Å²) in [7, 11) is 0. The van der Waals surface area contributed by atoms with Gasteiger partial charge in [0.1, 0.15) is 28.7 Å². The highest BCUT2D eigenvalue weighted by atomic mass is 35.5. The molecule has 0 aliphatic carbocycles.